The number of aliphatic imine (C=N–C) groups is 1. The van der Waals surface area contributed by atoms with Crippen LogP contribution in [0.5, 0.6) is 0 Å². The Morgan fingerprint density at radius 2 is 2.12 bits per heavy atom. The smallest absolute Gasteiger partial charge is 0.0970 e. The van der Waals surface area contributed by atoms with Gasteiger partial charge in [0.25, 0.3) is 0 Å². The van der Waals surface area contributed by atoms with Crippen LogP contribution in [0.4, 0.5) is 0 Å². The summed E-state index contributed by atoms with van der Waals surface area (Å²) in [6.45, 7) is 14.4. The molecule has 0 amide bonds. The van der Waals surface area contributed by atoms with Crippen LogP contribution in [0.1, 0.15) is 41.0 Å². The lowest BCUT2D eigenvalue weighted by molar-refractivity contribution is 0.176. The Labute approximate surface area is 107 Å². The van der Waals surface area contributed by atoms with Crippen molar-refractivity contribution in [2.75, 3.05) is 26.8 Å². The maximum Gasteiger partial charge on any atom is 0.0970 e. The lowest BCUT2D eigenvalue weighted by Crippen LogP contribution is -2.43. The summed E-state index contributed by atoms with van der Waals surface area (Å²) in [5, 5.41) is 0. The minimum Gasteiger partial charge on any atom is -0.345 e. The molecule has 0 saturated carbocycles. The highest BCUT2D eigenvalue weighted by molar-refractivity contribution is 5.80. The fourth-order valence-corrected chi connectivity index (χ4v) is 2.38. The highest BCUT2D eigenvalue weighted by atomic mass is 15.3. The molecule has 17 heavy (non-hydrogen) atoms. The van der Waals surface area contributed by atoms with Crippen LogP contribution in [0, 0.1) is 11.8 Å². The zero-order valence-corrected chi connectivity index (χ0v) is 12.4. The average molecular weight is 239 g/mol. The first-order valence-corrected chi connectivity index (χ1v) is 6.91. The van der Waals surface area contributed by atoms with Gasteiger partial charge in [-0.05, 0) is 45.7 Å². The summed E-state index contributed by atoms with van der Waals surface area (Å²) in [6.07, 6.45) is 1.26. The highest BCUT2D eigenvalue weighted by Gasteiger charge is 2.25. The largest absolute Gasteiger partial charge is 0.345 e. The Hall–Kier alpha value is -0.570. The maximum absolute atomic E-state index is 4.76. The standard InChI is InChI=1S/C14H29N3/c1-7-16(6)10-17-12(4)8-14(11(2)3)9-15-13(17)5/h11-12,14H,7-10H2,1-6H3. The molecule has 1 aliphatic rings. The molecule has 0 spiro atoms. The molecule has 3 nitrogen and oxygen atoms in total. The first kappa shape index (κ1) is 14.5. The second-order valence-corrected chi connectivity index (χ2v) is 5.76. The number of hydrogen-bond acceptors (Lipinski definition) is 3. The molecular formula is C14H29N3. The van der Waals surface area contributed by atoms with Crippen molar-refractivity contribution in [3.8, 4) is 0 Å². The van der Waals surface area contributed by atoms with Gasteiger partial charge in [0, 0.05) is 12.6 Å². The minimum absolute atomic E-state index is 0.600. The van der Waals surface area contributed by atoms with Gasteiger partial charge in [-0.2, -0.15) is 0 Å². The molecule has 1 rings (SSSR count). The molecular weight excluding hydrogens is 210 g/mol. The molecule has 3 heteroatoms. The normalized spacial score (nSPS) is 26.4. The highest BCUT2D eigenvalue weighted by Crippen LogP contribution is 2.23. The van der Waals surface area contributed by atoms with Crippen LogP contribution in [-0.2, 0) is 0 Å². The maximum atomic E-state index is 4.76. The second-order valence-electron chi connectivity index (χ2n) is 5.76. The Balaban J connectivity index is 2.71. The molecule has 0 fully saturated rings. The number of nitrogens with zero attached hydrogens (tertiary/aromatic N) is 3. The van der Waals surface area contributed by atoms with E-state index in [1.807, 2.05) is 0 Å². The summed E-state index contributed by atoms with van der Waals surface area (Å²) in [6, 6.07) is 0.600. The number of rotatable bonds is 4. The van der Waals surface area contributed by atoms with Crippen LogP contribution in [-0.4, -0.2) is 48.5 Å². The van der Waals surface area contributed by atoms with Crippen molar-refractivity contribution in [2.24, 2.45) is 16.8 Å². The van der Waals surface area contributed by atoms with Gasteiger partial charge in [-0.3, -0.25) is 9.89 Å². The predicted molar refractivity (Wildman–Crippen MR) is 75.4 cm³/mol. The zero-order valence-electron chi connectivity index (χ0n) is 12.4. The molecule has 2 unspecified atom stereocenters. The monoisotopic (exact) mass is 239 g/mol. The first-order chi connectivity index (χ1) is 7.95. The minimum atomic E-state index is 0.600. The summed E-state index contributed by atoms with van der Waals surface area (Å²) < 4.78 is 0. The second kappa shape index (κ2) is 6.39. The van der Waals surface area contributed by atoms with Gasteiger partial charge in [-0.25, -0.2) is 0 Å². The fourth-order valence-electron chi connectivity index (χ4n) is 2.38. The van der Waals surface area contributed by atoms with Crippen molar-refractivity contribution < 1.29 is 0 Å². The first-order valence-electron chi connectivity index (χ1n) is 6.91. The Kier molecular flexibility index (Phi) is 5.44. The number of hydrogen-bond donors (Lipinski definition) is 0. The molecule has 0 aromatic carbocycles. The van der Waals surface area contributed by atoms with Gasteiger partial charge < -0.3 is 4.90 Å². The molecule has 1 aliphatic heterocycles. The number of amidine groups is 1. The Bertz CT molecular complexity index is 260. The van der Waals surface area contributed by atoms with E-state index in [9.17, 15) is 0 Å². The molecule has 0 saturated heterocycles. The van der Waals surface area contributed by atoms with Gasteiger partial charge in [-0.1, -0.05) is 20.8 Å². The van der Waals surface area contributed by atoms with E-state index in [0.717, 1.165) is 31.6 Å². The van der Waals surface area contributed by atoms with Crippen LogP contribution >= 0.6 is 0 Å². The molecule has 100 valence electrons. The lowest BCUT2D eigenvalue weighted by Gasteiger charge is -2.34. The van der Waals surface area contributed by atoms with Crippen molar-refractivity contribution >= 4 is 5.84 Å². The van der Waals surface area contributed by atoms with Gasteiger partial charge in [-0.15, -0.1) is 0 Å². The molecule has 1 heterocycles. The van der Waals surface area contributed by atoms with Gasteiger partial charge in [0.1, 0.15) is 0 Å². The van der Waals surface area contributed by atoms with Gasteiger partial charge in [0.2, 0.25) is 0 Å². The molecule has 0 radical (unpaired) electrons. The summed E-state index contributed by atoms with van der Waals surface area (Å²) in [7, 11) is 2.17. The van der Waals surface area contributed by atoms with E-state index in [0.29, 0.717) is 6.04 Å². The molecule has 0 N–H and O–H groups in total. The molecule has 0 aromatic heterocycles. The van der Waals surface area contributed by atoms with Crippen molar-refractivity contribution in [2.45, 2.75) is 47.1 Å². The van der Waals surface area contributed by atoms with Crippen LogP contribution in [0.25, 0.3) is 0 Å². The Morgan fingerprint density at radius 3 is 2.65 bits per heavy atom. The van der Waals surface area contributed by atoms with Gasteiger partial charge in [0.05, 0.1) is 12.5 Å². The molecule has 0 aromatic rings. The van der Waals surface area contributed by atoms with E-state index in [2.05, 4.69) is 51.5 Å². The van der Waals surface area contributed by atoms with Gasteiger partial charge >= 0.3 is 0 Å². The predicted octanol–water partition coefficient (Wildman–Crippen LogP) is 2.68. The summed E-state index contributed by atoms with van der Waals surface area (Å²) in [4.78, 5) is 9.55. The van der Waals surface area contributed by atoms with Crippen molar-refractivity contribution in [3.05, 3.63) is 0 Å². The third-order valence-corrected chi connectivity index (χ3v) is 4.02. The summed E-state index contributed by atoms with van der Waals surface area (Å²) in [5.74, 6) is 2.68. The van der Waals surface area contributed by atoms with Crippen LogP contribution in [0.3, 0.4) is 0 Å². The van der Waals surface area contributed by atoms with Crippen molar-refractivity contribution in [1.82, 2.24) is 9.80 Å². The van der Waals surface area contributed by atoms with Gasteiger partial charge in [0.15, 0.2) is 0 Å². The average Bonchev–Trinajstić information content (AvgIpc) is 2.41. The van der Waals surface area contributed by atoms with E-state index < -0.39 is 0 Å². The van der Waals surface area contributed by atoms with Crippen LogP contribution < -0.4 is 0 Å². The SMILES string of the molecule is CCN(C)CN1C(C)=NCC(C(C)C)CC1C. The fraction of sp³-hybridized carbons (Fsp3) is 0.929. The summed E-state index contributed by atoms with van der Waals surface area (Å²) in [5.41, 5.74) is 0. The molecule has 2 atom stereocenters. The molecule has 0 aliphatic carbocycles. The Morgan fingerprint density at radius 1 is 1.47 bits per heavy atom. The zero-order chi connectivity index (χ0) is 13.0. The third-order valence-electron chi connectivity index (χ3n) is 4.02. The van der Waals surface area contributed by atoms with E-state index >= 15 is 0 Å². The lowest BCUT2D eigenvalue weighted by atomic mass is 9.90. The van der Waals surface area contributed by atoms with E-state index in [-0.39, 0.29) is 0 Å². The third kappa shape index (κ3) is 3.98. The van der Waals surface area contributed by atoms with Crippen LogP contribution in [0.2, 0.25) is 0 Å². The molecule has 0 bridgehead atoms. The van der Waals surface area contributed by atoms with Crippen LogP contribution in [0.15, 0.2) is 4.99 Å². The van der Waals surface area contributed by atoms with Crippen molar-refractivity contribution in [3.63, 3.8) is 0 Å². The summed E-state index contributed by atoms with van der Waals surface area (Å²) >= 11 is 0. The van der Waals surface area contributed by atoms with E-state index in [1.54, 1.807) is 0 Å². The topological polar surface area (TPSA) is 18.8 Å². The van der Waals surface area contributed by atoms with E-state index in [1.165, 1.54) is 12.3 Å². The quantitative estimate of drug-likeness (QED) is 0.751. The van der Waals surface area contributed by atoms with E-state index in [4.69, 9.17) is 4.99 Å². The van der Waals surface area contributed by atoms with Crippen molar-refractivity contribution in [1.29, 1.82) is 0 Å².